The zero-order chi connectivity index (χ0) is 16.7. The molecule has 6 nitrogen and oxygen atoms in total. The Hall–Kier alpha value is -1.40. The van der Waals surface area contributed by atoms with Crippen molar-refractivity contribution < 1.29 is 9.53 Å². The van der Waals surface area contributed by atoms with Crippen molar-refractivity contribution in [1.82, 2.24) is 14.7 Å². The zero-order valence-electron chi connectivity index (χ0n) is 14.5. The predicted molar refractivity (Wildman–Crippen MR) is 85.5 cm³/mol. The average Bonchev–Trinajstić information content (AvgIpc) is 2.66. The molecule has 0 aliphatic carbocycles. The molecule has 0 unspecified atom stereocenters. The Bertz CT molecular complexity index is 559. The van der Waals surface area contributed by atoms with E-state index in [1.165, 1.54) is 5.56 Å². The average molecular weight is 308 g/mol. The van der Waals surface area contributed by atoms with Crippen molar-refractivity contribution in [2.24, 2.45) is 5.73 Å². The number of primary amides is 1. The number of morpholine rings is 1. The number of hydrogen-bond acceptors (Lipinski definition) is 4. The van der Waals surface area contributed by atoms with Gasteiger partial charge in [0.15, 0.2) is 0 Å². The van der Waals surface area contributed by atoms with Crippen molar-refractivity contribution in [3.05, 3.63) is 17.0 Å². The number of aryl methyl sites for hydroxylation is 1. The van der Waals surface area contributed by atoms with Crippen LogP contribution < -0.4 is 5.73 Å². The molecule has 124 valence electrons. The molecule has 0 radical (unpaired) electrons. The maximum absolute atomic E-state index is 11.8. The quantitative estimate of drug-likeness (QED) is 0.914. The van der Waals surface area contributed by atoms with E-state index in [0.717, 1.165) is 11.4 Å². The van der Waals surface area contributed by atoms with Gasteiger partial charge < -0.3 is 10.5 Å². The van der Waals surface area contributed by atoms with Gasteiger partial charge in [0.05, 0.1) is 23.9 Å². The number of ether oxygens (including phenoxy) is 1. The Morgan fingerprint density at radius 2 is 2.05 bits per heavy atom. The number of nitrogens with two attached hydrogens (primary N) is 1. The summed E-state index contributed by atoms with van der Waals surface area (Å²) >= 11 is 0. The van der Waals surface area contributed by atoms with E-state index in [1.807, 2.05) is 13.8 Å². The van der Waals surface area contributed by atoms with Gasteiger partial charge in [-0.25, -0.2) is 0 Å². The number of nitrogens with zero attached hydrogens (tertiary/aromatic N) is 3. The molecule has 2 heterocycles. The Morgan fingerprint density at radius 1 is 1.41 bits per heavy atom. The monoisotopic (exact) mass is 308 g/mol. The van der Waals surface area contributed by atoms with Crippen LogP contribution in [0.5, 0.6) is 0 Å². The fourth-order valence-corrected chi connectivity index (χ4v) is 3.23. The van der Waals surface area contributed by atoms with Crippen LogP contribution in [-0.4, -0.2) is 45.9 Å². The first-order chi connectivity index (χ1) is 10.1. The van der Waals surface area contributed by atoms with E-state index < -0.39 is 0 Å². The van der Waals surface area contributed by atoms with Crippen molar-refractivity contribution in [3.8, 4) is 0 Å². The van der Waals surface area contributed by atoms with E-state index in [0.29, 0.717) is 19.7 Å². The van der Waals surface area contributed by atoms with Crippen molar-refractivity contribution in [1.29, 1.82) is 0 Å². The molecule has 1 amide bonds. The molecule has 2 atom stereocenters. The molecule has 1 aliphatic heterocycles. The summed E-state index contributed by atoms with van der Waals surface area (Å²) in [5, 5.41) is 4.68. The molecule has 0 spiro atoms. The molecule has 0 bridgehead atoms. The molecule has 1 aromatic heterocycles. The van der Waals surface area contributed by atoms with Crippen LogP contribution in [0.3, 0.4) is 0 Å². The van der Waals surface area contributed by atoms with E-state index >= 15 is 0 Å². The largest absolute Gasteiger partial charge is 0.375 e. The molecule has 1 aromatic rings. The van der Waals surface area contributed by atoms with Crippen LogP contribution in [0.2, 0.25) is 0 Å². The molecule has 0 saturated carbocycles. The van der Waals surface area contributed by atoms with Gasteiger partial charge in [-0.3, -0.25) is 14.4 Å². The van der Waals surface area contributed by atoms with Crippen LogP contribution in [-0.2, 0) is 21.6 Å². The van der Waals surface area contributed by atoms with Crippen molar-refractivity contribution in [3.63, 3.8) is 0 Å². The summed E-state index contributed by atoms with van der Waals surface area (Å²) in [6.07, 6.45) is -0.176. The van der Waals surface area contributed by atoms with Gasteiger partial charge in [-0.15, -0.1) is 0 Å². The summed E-state index contributed by atoms with van der Waals surface area (Å²) < 4.78 is 7.63. The third kappa shape index (κ3) is 3.17. The van der Waals surface area contributed by atoms with E-state index in [1.54, 1.807) is 0 Å². The standard InChI is InChI=1S/C16H28N4O2/c1-10-13(11(2)20(18-10)16(4,5)6)9-19-7-8-22-12(3)14(19)15(17)21/h12,14H,7-9H2,1-6H3,(H2,17,21)/t12-,14+/m1/s1. The highest BCUT2D eigenvalue weighted by atomic mass is 16.5. The van der Waals surface area contributed by atoms with Crippen LogP contribution in [0.1, 0.15) is 44.6 Å². The zero-order valence-corrected chi connectivity index (χ0v) is 14.5. The third-order valence-corrected chi connectivity index (χ3v) is 4.33. The minimum Gasteiger partial charge on any atom is -0.375 e. The van der Waals surface area contributed by atoms with Crippen LogP contribution >= 0.6 is 0 Å². The van der Waals surface area contributed by atoms with Gasteiger partial charge in [-0.2, -0.15) is 5.10 Å². The van der Waals surface area contributed by atoms with E-state index in [9.17, 15) is 4.79 Å². The summed E-state index contributed by atoms with van der Waals surface area (Å²) in [5.74, 6) is -0.328. The Morgan fingerprint density at radius 3 is 2.55 bits per heavy atom. The third-order valence-electron chi connectivity index (χ3n) is 4.33. The highest BCUT2D eigenvalue weighted by Crippen LogP contribution is 2.24. The van der Waals surface area contributed by atoms with Gasteiger partial charge in [0.1, 0.15) is 6.04 Å². The van der Waals surface area contributed by atoms with E-state index in [2.05, 4.69) is 42.4 Å². The second-order valence-corrected chi connectivity index (χ2v) is 7.13. The molecule has 1 saturated heterocycles. The lowest BCUT2D eigenvalue weighted by molar-refractivity contribution is -0.136. The van der Waals surface area contributed by atoms with E-state index in [-0.39, 0.29) is 23.6 Å². The van der Waals surface area contributed by atoms with Crippen LogP contribution in [0.15, 0.2) is 0 Å². The first-order valence-electron chi connectivity index (χ1n) is 7.83. The Kier molecular flexibility index (Phi) is 4.63. The Labute approximate surface area is 132 Å². The first kappa shape index (κ1) is 17.0. The van der Waals surface area contributed by atoms with Crippen LogP contribution in [0, 0.1) is 13.8 Å². The molecule has 0 aromatic carbocycles. The molecule has 2 N–H and O–H groups in total. The van der Waals surface area contributed by atoms with Crippen LogP contribution in [0.4, 0.5) is 0 Å². The number of amides is 1. The molecule has 1 aliphatic rings. The van der Waals surface area contributed by atoms with Crippen molar-refractivity contribution >= 4 is 5.91 Å². The molecule has 6 heteroatoms. The summed E-state index contributed by atoms with van der Waals surface area (Å²) in [5.41, 5.74) is 8.84. The number of hydrogen-bond donors (Lipinski definition) is 1. The normalized spacial score (nSPS) is 23.7. The summed E-state index contributed by atoms with van der Waals surface area (Å²) in [6.45, 7) is 14.4. The summed E-state index contributed by atoms with van der Waals surface area (Å²) in [6, 6.07) is -0.384. The molecular formula is C16H28N4O2. The number of aromatic nitrogens is 2. The van der Waals surface area contributed by atoms with Crippen molar-refractivity contribution in [2.45, 2.75) is 65.8 Å². The maximum atomic E-state index is 11.8. The topological polar surface area (TPSA) is 73.4 Å². The predicted octanol–water partition coefficient (Wildman–Crippen LogP) is 1.33. The molecular weight excluding hydrogens is 280 g/mol. The minimum atomic E-state index is -0.384. The van der Waals surface area contributed by atoms with Gasteiger partial charge in [0.25, 0.3) is 0 Å². The lowest BCUT2D eigenvalue weighted by Crippen LogP contribution is -2.56. The highest BCUT2D eigenvalue weighted by molar-refractivity contribution is 5.80. The van der Waals surface area contributed by atoms with Crippen molar-refractivity contribution in [2.75, 3.05) is 13.2 Å². The fraction of sp³-hybridized carbons (Fsp3) is 0.750. The van der Waals surface area contributed by atoms with Gasteiger partial charge in [0, 0.05) is 24.3 Å². The first-order valence-corrected chi connectivity index (χ1v) is 7.83. The number of carbonyl (C=O) groups is 1. The lowest BCUT2D eigenvalue weighted by Gasteiger charge is -2.38. The second kappa shape index (κ2) is 6.01. The highest BCUT2D eigenvalue weighted by Gasteiger charge is 2.34. The smallest absolute Gasteiger partial charge is 0.237 e. The van der Waals surface area contributed by atoms with Gasteiger partial charge in [-0.05, 0) is 41.5 Å². The Balaban J connectivity index is 2.30. The molecule has 1 fully saturated rings. The summed E-state index contributed by atoms with van der Waals surface area (Å²) in [4.78, 5) is 13.9. The SMILES string of the molecule is Cc1nn(C(C)(C)C)c(C)c1CN1CCO[C@H](C)[C@H]1C(N)=O. The van der Waals surface area contributed by atoms with Crippen LogP contribution in [0.25, 0.3) is 0 Å². The lowest BCUT2D eigenvalue weighted by atomic mass is 10.0. The van der Waals surface area contributed by atoms with E-state index in [4.69, 9.17) is 10.5 Å². The number of carbonyl (C=O) groups excluding carboxylic acids is 1. The summed E-state index contributed by atoms with van der Waals surface area (Å²) in [7, 11) is 0. The second-order valence-electron chi connectivity index (χ2n) is 7.13. The van der Waals surface area contributed by atoms with Gasteiger partial charge >= 0.3 is 0 Å². The fourth-order valence-electron chi connectivity index (χ4n) is 3.23. The minimum absolute atomic E-state index is 0.0610. The molecule has 2 rings (SSSR count). The van der Waals surface area contributed by atoms with Gasteiger partial charge in [-0.1, -0.05) is 0 Å². The maximum Gasteiger partial charge on any atom is 0.237 e. The van der Waals surface area contributed by atoms with Gasteiger partial charge in [0.2, 0.25) is 5.91 Å². The molecule has 22 heavy (non-hydrogen) atoms. The number of rotatable bonds is 3.